The predicted octanol–water partition coefficient (Wildman–Crippen LogP) is 2.48. The number of hydrogen-bond donors (Lipinski definition) is 2. The highest BCUT2D eigenvalue weighted by Gasteiger charge is 2.26. The van der Waals surface area contributed by atoms with E-state index in [4.69, 9.17) is 12.2 Å². The number of anilines is 1. The second-order valence-electron chi connectivity index (χ2n) is 4.57. The standard InChI is InChI=1S/C13H13N3OS/c17-13(9-3-1-2-4-11(9)18)14-12-7-10(15-16-12)8-5-6-8/h1-3,7-8H,4-6H2,(H2,14,15,16,17). The smallest absolute Gasteiger partial charge is 0.258 e. The molecule has 1 saturated carbocycles. The van der Waals surface area contributed by atoms with Crippen molar-refractivity contribution in [3.8, 4) is 0 Å². The van der Waals surface area contributed by atoms with Crippen molar-refractivity contribution in [1.82, 2.24) is 10.2 Å². The third-order valence-electron chi connectivity index (χ3n) is 3.10. The van der Waals surface area contributed by atoms with Crippen LogP contribution in [0.2, 0.25) is 0 Å². The van der Waals surface area contributed by atoms with E-state index >= 15 is 0 Å². The van der Waals surface area contributed by atoms with Gasteiger partial charge < -0.3 is 5.32 Å². The van der Waals surface area contributed by atoms with Gasteiger partial charge in [-0.1, -0.05) is 24.4 Å². The Hall–Kier alpha value is -1.75. The number of amides is 1. The lowest BCUT2D eigenvalue weighted by molar-refractivity contribution is -0.112. The van der Waals surface area contributed by atoms with Crippen LogP contribution in [0.5, 0.6) is 0 Å². The van der Waals surface area contributed by atoms with Crippen LogP contribution in [0.1, 0.15) is 30.9 Å². The molecule has 0 aliphatic heterocycles. The Labute approximate surface area is 110 Å². The number of H-pyrrole nitrogens is 1. The zero-order chi connectivity index (χ0) is 12.5. The van der Waals surface area contributed by atoms with Gasteiger partial charge in [-0.25, -0.2) is 0 Å². The molecule has 1 aromatic heterocycles. The van der Waals surface area contributed by atoms with Crippen molar-refractivity contribution in [3.63, 3.8) is 0 Å². The first-order valence-electron chi connectivity index (χ1n) is 6.01. The third-order valence-corrected chi connectivity index (χ3v) is 3.49. The molecule has 1 aromatic rings. The summed E-state index contributed by atoms with van der Waals surface area (Å²) in [5, 5.41) is 9.82. The fraction of sp³-hybridized carbons (Fsp3) is 0.308. The normalized spacial score (nSPS) is 18.7. The number of thiocarbonyl (C=S) groups is 1. The van der Waals surface area contributed by atoms with Crippen LogP contribution in [0.3, 0.4) is 0 Å². The number of aromatic nitrogens is 2. The minimum atomic E-state index is -0.182. The molecular weight excluding hydrogens is 246 g/mol. The number of hydrogen-bond acceptors (Lipinski definition) is 3. The summed E-state index contributed by atoms with van der Waals surface area (Å²) in [7, 11) is 0. The summed E-state index contributed by atoms with van der Waals surface area (Å²) in [6.07, 6.45) is 8.60. The van der Waals surface area contributed by atoms with Crippen molar-refractivity contribution in [3.05, 3.63) is 35.6 Å². The van der Waals surface area contributed by atoms with E-state index in [0.29, 0.717) is 28.6 Å². The fourth-order valence-corrected chi connectivity index (χ4v) is 2.19. The minimum absolute atomic E-state index is 0.182. The van der Waals surface area contributed by atoms with E-state index in [1.54, 1.807) is 6.08 Å². The Kier molecular flexibility index (Phi) is 2.83. The van der Waals surface area contributed by atoms with Crippen LogP contribution < -0.4 is 5.32 Å². The van der Waals surface area contributed by atoms with Crippen LogP contribution in [-0.4, -0.2) is 21.0 Å². The molecule has 1 heterocycles. The van der Waals surface area contributed by atoms with Crippen LogP contribution in [0.15, 0.2) is 29.9 Å². The number of nitrogens with one attached hydrogen (secondary N) is 2. The van der Waals surface area contributed by atoms with Crippen molar-refractivity contribution >= 4 is 28.8 Å². The van der Waals surface area contributed by atoms with Gasteiger partial charge in [0, 0.05) is 29.0 Å². The molecule has 92 valence electrons. The number of allylic oxidation sites excluding steroid dienone is 3. The summed E-state index contributed by atoms with van der Waals surface area (Å²) < 4.78 is 0. The van der Waals surface area contributed by atoms with E-state index in [0.717, 1.165) is 5.69 Å². The molecule has 2 N–H and O–H groups in total. The van der Waals surface area contributed by atoms with Gasteiger partial charge in [0.05, 0.1) is 5.57 Å². The summed E-state index contributed by atoms with van der Waals surface area (Å²) in [4.78, 5) is 12.7. The maximum Gasteiger partial charge on any atom is 0.258 e. The largest absolute Gasteiger partial charge is 0.305 e. The highest BCUT2D eigenvalue weighted by atomic mass is 32.1. The predicted molar refractivity (Wildman–Crippen MR) is 73.6 cm³/mol. The quantitative estimate of drug-likeness (QED) is 0.820. The van der Waals surface area contributed by atoms with Crippen LogP contribution in [0.4, 0.5) is 5.82 Å². The Morgan fingerprint density at radius 2 is 2.33 bits per heavy atom. The first-order chi connectivity index (χ1) is 8.74. The molecule has 0 bridgehead atoms. The SMILES string of the molecule is O=C(Nc1cc(C2CC2)[nH]n1)C1=CC=CCC1=S. The van der Waals surface area contributed by atoms with Crippen LogP contribution >= 0.6 is 12.2 Å². The molecule has 2 aliphatic rings. The monoisotopic (exact) mass is 259 g/mol. The summed E-state index contributed by atoms with van der Waals surface area (Å²) >= 11 is 5.17. The van der Waals surface area contributed by atoms with Crippen LogP contribution in [-0.2, 0) is 4.79 Å². The molecule has 1 fully saturated rings. The maximum absolute atomic E-state index is 12.0. The van der Waals surface area contributed by atoms with Crippen molar-refractivity contribution in [2.75, 3.05) is 5.32 Å². The third kappa shape index (κ3) is 2.26. The van der Waals surface area contributed by atoms with Gasteiger partial charge >= 0.3 is 0 Å². The molecule has 5 heteroatoms. The number of carbonyl (C=O) groups excluding carboxylic acids is 1. The van der Waals surface area contributed by atoms with Gasteiger partial charge in [-0.15, -0.1) is 0 Å². The lowest BCUT2D eigenvalue weighted by Crippen LogP contribution is -2.20. The average molecular weight is 259 g/mol. The van der Waals surface area contributed by atoms with Gasteiger partial charge in [-0.3, -0.25) is 9.89 Å². The molecular formula is C13H13N3OS. The van der Waals surface area contributed by atoms with E-state index < -0.39 is 0 Å². The Balaban J connectivity index is 1.71. The lowest BCUT2D eigenvalue weighted by atomic mass is 10.0. The number of rotatable bonds is 3. The minimum Gasteiger partial charge on any atom is -0.305 e. The summed E-state index contributed by atoms with van der Waals surface area (Å²) in [6, 6.07) is 1.90. The second-order valence-corrected chi connectivity index (χ2v) is 5.07. The van der Waals surface area contributed by atoms with E-state index in [-0.39, 0.29) is 5.91 Å². The zero-order valence-corrected chi connectivity index (χ0v) is 10.6. The molecule has 1 amide bonds. The van der Waals surface area contributed by atoms with Gasteiger partial charge in [-0.2, -0.15) is 5.10 Å². The number of carbonyl (C=O) groups is 1. The maximum atomic E-state index is 12.0. The molecule has 0 radical (unpaired) electrons. The van der Waals surface area contributed by atoms with Gasteiger partial charge in [0.1, 0.15) is 0 Å². The first kappa shape index (κ1) is 11.3. The first-order valence-corrected chi connectivity index (χ1v) is 6.41. The molecule has 3 rings (SSSR count). The van der Waals surface area contributed by atoms with E-state index in [1.807, 2.05) is 18.2 Å². The van der Waals surface area contributed by atoms with E-state index in [2.05, 4.69) is 15.5 Å². The second kappa shape index (κ2) is 4.49. The van der Waals surface area contributed by atoms with Gasteiger partial charge in [0.25, 0.3) is 5.91 Å². The fourth-order valence-electron chi connectivity index (χ4n) is 1.93. The molecule has 0 spiro atoms. The molecule has 0 unspecified atom stereocenters. The molecule has 18 heavy (non-hydrogen) atoms. The molecule has 2 aliphatic carbocycles. The van der Waals surface area contributed by atoms with E-state index in [1.165, 1.54) is 12.8 Å². The van der Waals surface area contributed by atoms with Crippen molar-refractivity contribution in [2.24, 2.45) is 0 Å². The Bertz CT molecular complexity index is 567. The van der Waals surface area contributed by atoms with Gasteiger partial charge in [0.15, 0.2) is 5.82 Å². The molecule has 0 atom stereocenters. The number of aromatic amines is 1. The molecule has 0 aromatic carbocycles. The van der Waals surface area contributed by atoms with Gasteiger partial charge in [-0.05, 0) is 18.9 Å². The highest BCUT2D eigenvalue weighted by Crippen LogP contribution is 2.39. The molecule has 0 saturated heterocycles. The number of nitrogens with zero attached hydrogens (tertiary/aromatic N) is 1. The lowest BCUT2D eigenvalue weighted by Gasteiger charge is -2.09. The van der Waals surface area contributed by atoms with Crippen LogP contribution in [0.25, 0.3) is 0 Å². The highest BCUT2D eigenvalue weighted by molar-refractivity contribution is 7.81. The summed E-state index contributed by atoms with van der Waals surface area (Å²) in [5.74, 6) is 0.986. The summed E-state index contributed by atoms with van der Waals surface area (Å²) in [5.41, 5.74) is 1.66. The molecule has 4 nitrogen and oxygen atoms in total. The topological polar surface area (TPSA) is 57.8 Å². The summed E-state index contributed by atoms with van der Waals surface area (Å²) in [6.45, 7) is 0. The van der Waals surface area contributed by atoms with Crippen molar-refractivity contribution in [2.45, 2.75) is 25.2 Å². The Morgan fingerprint density at radius 1 is 1.50 bits per heavy atom. The average Bonchev–Trinajstić information content (AvgIpc) is 3.11. The van der Waals surface area contributed by atoms with E-state index in [9.17, 15) is 4.79 Å². The van der Waals surface area contributed by atoms with Crippen molar-refractivity contribution in [1.29, 1.82) is 0 Å². The van der Waals surface area contributed by atoms with Crippen LogP contribution in [0, 0.1) is 0 Å². The van der Waals surface area contributed by atoms with Crippen molar-refractivity contribution < 1.29 is 4.79 Å². The Morgan fingerprint density at radius 3 is 3.06 bits per heavy atom. The van der Waals surface area contributed by atoms with Gasteiger partial charge in [0.2, 0.25) is 0 Å². The zero-order valence-electron chi connectivity index (χ0n) is 9.77.